The monoisotopic (exact) mass is 846 g/mol. The van der Waals surface area contributed by atoms with Gasteiger partial charge in [0.05, 0.1) is 6.42 Å². The number of aromatic amines is 1. The zero-order chi connectivity index (χ0) is 44.8. The number of rotatable bonds is 19. The van der Waals surface area contributed by atoms with Crippen LogP contribution in [0.1, 0.15) is 70.1 Å². The second kappa shape index (κ2) is 21.7. The number of nitrogens with one attached hydrogen (secondary N) is 5. The lowest BCUT2D eigenvalue weighted by Gasteiger charge is -2.32. The summed E-state index contributed by atoms with van der Waals surface area (Å²) in [5, 5.41) is 13.6. The fourth-order valence-electron chi connectivity index (χ4n) is 7.25. The van der Waals surface area contributed by atoms with Crippen LogP contribution in [0.25, 0.3) is 21.7 Å². The Morgan fingerprint density at radius 2 is 1.35 bits per heavy atom. The Kier molecular flexibility index (Phi) is 16.2. The van der Waals surface area contributed by atoms with Crippen molar-refractivity contribution in [1.29, 1.82) is 0 Å². The predicted molar refractivity (Wildman–Crippen MR) is 238 cm³/mol. The van der Waals surface area contributed by atoms with E-state index in [0.717, 1.165) is 38.4 Å². The van der Waals surface area contributed by atoms with Gasteiger partial charge in [-0.25, -0.2) is 4.79 Å². The fourth-order valence-corrected chi connectivity index (χ4v) is 7.25. The molecule has 4 atom stereocenters. The molecule has 0 fully saturated rings. The van der Waals surface area contributed by atoms with E-state index in [9.17, 15) is 28.8 Å². The van der Waals surface area contributed by atoms with Gasteiger partial charge in [-0.05, 0) is 60.7 Å². The number of alkyl carbamates (subject to hydrolysis) is 1. The van der Waals surface area contributed by atoms with Gasteiger partial charge in [-0.1, -0.05) is 111 Å². The van der Waals surface area contributed by atoms with E-state index in [4.69, 9.17) is 9.47 Å². The Hall–Kier alpha value is -6.70. The first kappa shape index (κ1) is 46.4. The fraction of sp³-hybridized carbons (Fsp3) is 0.375. The minimum atomic E-state index is -1.50. The van der Waals surface area contributed by atoms with E-state index in [1.165, 1.54) is 19.0 Å². The number of hydrogen-bond donors (Lipinski definition) is 5. The molecule has 0 spiro atoms. The highest BCUT2D eigenvalue weighted by Crippen LogP contribution is 2.22. The first-order valence-corrected chi connectivity index (χ1v) is 21.0. The van der Waals surface area contributed by atoms with Crippen molar-refractivity contribution in [2.75, 3.05) is 14.1 Å². The lowest BCUT2D eigenvalue weighted by molar-refractivity contribution is -0.148. The topological polar surface area (TPSA) is 188 Å². The third kappa shape index (κ3) is 12.9. The average Bonchev–Trinajstić information content (AvgIpc) is 3.66. The molecule has 5 rings (SSSR count). The number of aromatic nitrogens is 1. The van der Waals surface area contributed by atoms with Crippen molar-refractivity contribution in [3.05, 3.63) is 120 Å². The Morgan fingerprint density at radius 3 is 2.06 bits per heavy atom. The molecule has 0 saturated carbocycles. The van der Waals surface area contributed by atoms with Crippen LogP contribution >= 0.6 is 0 Å². The lowest BCUT2D eigenvalue weighted by atomic mass is 9.98. The summed E-state index contributed by atoms with van der Waals surface area (Å²) in [5.41, 5.74) is 2.29. The third-order valence-corrected chi connectivity index (χ3v) is 10.5. The molecule has 1 heterocycles. The van der Waals surface area contributed by atoms with Crippen LogP contribution in [0.2, 0.25) is 0 Å². The molecule has 0 bridgehead atoms. The summed E-state index contributed by atoms with van der Waals surface area (Å²) in [7, 11) is 2.93. The number of nitrogens with zero attached hydrogens (tertiary/aromatic N) is 1. The molecule has 5 N–H and O–H groups in total. The quantitative estimate of drug-likeness (QED) is 0.0639. The van der Waals surface area contributed by atoms with Gasteiger partial charge in [0, 0.05) is 44.0 Å². The zero-order valence-electron chi connectivity index (χ0n) is 36.3. The van der Waals surface area contributed by atoms with Crippen molar-refractivity contribution >= 4 is 57.4 Å². The number of ether oxygens (including phenoxy) is 2. The number of H-pyrrole nitrogens is 1. The molecule has 0 aliphatic rings. The largest absolute Gasteiger partial charge is 0.461 e. The summed E-state index contributed by atoms with van der Waals surface area (Å²) in [5.74, 6) is -3.33. The molecule has 62 heavy (non-hydrogen) atoms. The van der Waals surface area contributed by atoms with Crippen molar-refractivity contribution in [3.8, 4) is 0 Å². The minimum Gasteiger partial charge on any atom is -0.461 e. The standard InChI is InChI=1S/C48H58N6O8/c1-7-8-25-41(54(6)46(59)40(53-47(60)62-48(2,3)4)27-34-29-50-37-24-15-14-23-36(34)37)45(58)52-39(28-42(55)61-30-31-17-10-9-11-18-31)44(57)51-38(43(56)49-5)26-33-21-16-20-32-19-12-13-22-35(32)33/h9-24,29,38-41,50H,7-8,25-28,30H2,1-6H3,(H,49,56)(H,51,57)(H,52,58)(H,53,60)/t38-,39-,40-,41-/m0/s1. The first-order valence-electron chi connectivity index (χ1n) is 21.0. The molecule has 0 unspecified atom stereocenters. The summed E-state index contributed by atoms with van der Waals surface area (Å²) in [4.78, 5) is 87.6. The van der Waals surface area contributed by atoms with Crippen molar-refractivity contribution in [1.82, 2.24) is 31.2 Å². The van der Waals surface area contributed by atoms with Gasteiger partial charge >= 0.3 is 12.1 Å². The number of unbranched alkanes of at least 4 members (excludes halogenated alkanes) is 1. The van der Waals surface area contributed by atoms with Crippen LogP contribution in [-0.4, -0.2) is 89.4 Å². The second-order valence-electron chi connectivity index (χ2n) is 16.3. The molecule has 0 radical (unpaired) electrons. The van der Waals surface area contributed by atoms with E-state index >= 15 is 0 Å². The molecule has 5 amide bonds. The molecule has 0 saturated heterocycles. The van der Waals surface area contributed by atoms with Crippen molar-refractivity contribution in [2.24, 2.45) is 0 Å². The van der Waals surface area contributed by atoms with Gasteiger partial charge in [-0.2, -0.15) is 0 Å². The molecular weight excluding hydrogens is 789 g/mol. The summed E-state index contributed by atoms with van der Waals surface area (Å²) in [6, 6.07) is 25.1. The maximum absolute atomic E-state index is 14.5. The lowest BCUT2D eigenvalue weighted by Crippen LogP contribution is -2.59. The van der Waals surface area contributed by atoms with Crippen molar-refractivity contribution in [3.63, 3.8) is 0 Å². The Balaban J connectivity index is 1.42. The Morgan fingerprint density at radius 1 is 0.710 bits per heavy atom. The summed E-state index contributed by atoms with van der Waals surface area (Å²) in [6.07, 6.45) is 2.00. The number of fused-ring (bicyclic) bond motifs is 2. The van der Waals surface area contributed by atoms with Crippen LogP contribution in [0, 0.1) is 0 Å². The molecule has 5 aromatic rings. The maximum Gasteiger partial charge on any atom is 0.408 e. The Bertz CT molecular complexity index is 2330. The number of hydrogen-bond acceptors (Lipinski definition) is 8. The minimum absolute atomic E-state index is 0.0667. The highest BCUT2D eigenvalue weighted by atomic mass is 16.6. The molecule has 4 aromatic carbocycles. The Labute approximate surface area is 362 Å². The normalized spacial score (nSPS) is 13.3. The number of amides is 5. The van der Waals surface area contributed by atoms with Crippen LogP contribution < -0.4 is 21.3 Å². The number of para-hydroxylation sites is 1. The SMILES string of the molecule is CCCC[C@@H](C(=O)N[C@@H](CC(=O)OCc1ccccc1)C(=O)N[C@@H](Cc1cccc2ccccc12)C(=O)NC)N(C)C(=O)[C@H](Cc1c[nH]c2ccccc12)NC(=O)OC(C)(C)C. The van der Waals surface area contributed by atoms with E-state index in [1.807, 2.05) is 79.7 Å². The maximum atomic E-state index is 14.5. The average molecular weight is 847 g/mol. The van der Waals surface area contributed by atoms with Gasteiger partial charge in [-0.3, -0.25) is 24.0 Å². The molecule has 1 aromatic heterocycles. The second-order valence-corrected chi connectivity index (χ2v) is 16.3. The van der Waals surface area contributed by atoms with Crippen LogP contribution in [0.5, 0.6) is 0 Å². The van der Waals surface area contributed by atoms with E-state index in [2.05, 4.69) is 26.3 Å². The van der Waals surface area contributed by atoms with Crippen LogP contribution in [0.4, 0.5) is 4.79 Å². The smallest absolute Gasteiger partial charge is 0.408 e. The third-order valence-electron chi connectivity index (χ3n) is 10.5. The summed E-state index contributed by atoms with van der Waals surface area (Å²) >= 11 is 0. The van der Waals surface area contributed by atoms with Crippen molar-refractivity contribution < 1.29 is 38.2 Å². The van der Waals surface area contributed by atoms with Gasteiger partial charge < -0.3 is 40.6 Å². The molecule has 14 nitrogen and oxygen atoms in total. The highest BCUT2D eigenvalue weighted by Gasteiger charge is 2.36. The van der Waals surface area contributed by atoms with Crippen LogP contribution in [0.15, 0.2) is 103 Å². The summed E-state index contributed by atoms with van der Waals surface area (Å²) < 4.78 is 11.1. The zero-order valence-corrected chi connectivity index (χ0v) is 36.3. The van der Waals surface area contributed by atoms with Crippen LogP contribution in [0.3, 0.4) is 0 Å². The number of benzene rings is 4. The first-order chi connectivity index (χ1) is 29.7. The number of esters is 1. The molecule has 0 aliphatic carbocycles. The number of carbonyl (C=O) groups is 6. The summed E-state index contributed by atoms with van der Waals surface area (Å²) in [6.45, 7) is 7.01. The van der Waals surface area contributed by atoms with Gasteiger partial charge in [0.1, 0.15) is 36.4 Å². The molecular formula is C48H58N6O8. The molecule has 328 valence electrons. The van der Waals surface area contributed by atoms with Crippen molar-refractivity contribution in [2.45, 2.75) is 103 Å². The van der Waals surface area contributed by atoms with Gasteiger partial charge in [0.2, 0.25) is 23.6 Å². The van der Waals surface area contributed by atoms with Gasteiger partial charge in [0.25, 0.3) is 0 Å². The molecule has 14 heteroatoms. The van der Waals surface area contributed by atoms with E-state index in [0.29, 0.717) is 12.8 Å². The molecule has 0 aliphatic heterocycles. The van der Waals surface area contributed by atoms with Gasteiger partial charge in [-0.15, -0.1) is 0 Å². The van der Waals surface area contributed by atoms with Crippen LogP contribution in [-0.2, 0) is 52.9 Å². The predicted octanol–water partition coefficient (Wildman–Crippen LogP) is 5.87. The number of likely N-dealkylation sites (N-methyl/N-ethyl adjacent to an activating group) is 2. The highest BCUT2D eigenvalue weighted by molar-refractivity contribution is 5.97. The van der Waals surface area contributed by atoms with Gasteiger partial charge in [0.15, 0.2) is 0 Å². The number of carbonyl (C=O) groups excluding carboxylic acids is 6. The van der Waals surface area contributed by atoms with E-state index < -0.39 is 71.9 Å². The van der Waals surface area contributed by atoms with E-state index in [1.54, 1.807) is 51.2 Å². The van der Waals surface area contributed by atoms with E-state index in [-0.39, 0.29) is 25.9 Å².